The average Bonchev–Trinajstić information content (AvgIpc) is 2.42. The van der Waals surface area contributed by atoms with Crippen LogP contribution in [0.5, 0.6) is 0 Å². The van der Waals surface area contributed by atoms with Gasteiger partial charge in [-0.2, -0.15) is 0 Å². The van der Waals surface area contributed by atoms with Crippen molar-refractivity contribution in [3.8, 4) is 0 Å². The highest BCUT2D eigenvalue weighted by molar-refractivity contribution is 5.52. The second-order valence-electron chi connectivity index (χ2n) is 5.54. The van der Waals surface area contributed by atoms with Crippen LogP contribution < -0.4 is 4.90 Å². The van der Waals surface area contributed by atoms with Crippen molar-refractivity contribution in [1.82, 2.24) is 0 Å². The lowest BCUT2D eigenvalue weighted by atomic mass is 10.1. The standard InChI is InChI=1S/C18H31N/c1-4-6-8-12-16-19(15-11-7-5-2)18-14-10-9-13-17(18)3/h9-10,13-14H,4-8,11-12,15-16H2,1-3H3. The summed E-state index contributed by atoms with van der Waals surface area (Å²) in [7, 11) is 0. The first kappa shape index (κ1) is 16.1. The van der Waals surface area contributed by atoms with Crippen LogP contribution in [0.1, 0.15) is 64.4 Å². The van der Waals surface area contributed by atoms with Crippen molar-refractivity contribution in [2.24, 2.45) is 0 Å². The number of anilines is 1. The van der Waals surface area contributed by atoms with Crippen LogP contribution in [0.15, 0.2) is 24.3 Å². The fourth-order valence-electron chi connectivity index (χ4n) is 2.55. The first-order chi connectivity index (χ1) is 9.29. The lowest BCUT2D eigenvalue weighted by Gasteiger charge is -2.26. The Bertz CT molecular complexity index is 332. The van der Waals surface area contributed by atoms with E-state index in [1.165, 1.54) is 69.3 Å². The summed E-state index contributed by atoms with van der Waals surface area (Å²) in [6, 6.07) is 8.82. The zero-order chi connectivity index (χ0) is 13.9. The summed E-state index contributed by atoms with van der Waals surface area (Å²) in [6.45, 7) is 9.22. The highest BCUT2D eigenvalue weighted by atomic mass is 15.1. The third kappa shape index (κ3) is 6.13. The number of para-hydroxylation sites is 1. The van der Waals surface area contributed by atoms with Crippen LogP contribution in [0, 0.1) is 6.92 Å². The second-order valence-corrected chi connectivity index (χ2v) is 5.54. The van der Waals surface area contributed by atoms with Gasteiger partial charge in [0.25, 0.3) is 0 Å². The lowest BCUT2D eigenvalue weighted by Crippen LogP contribution is -2.26. The average molecular weight is 261 g/mol. The molecule has 0 amide bonds. The molecule has 0 radical (unpaired) electrons. The molecule has 0 unspecified atom stereocenters. The van der Waals surface area contributed by atoms with Crippen LogP contribution in [0.2, 0.25) is 0 Å². The van der Waals surface area contributed by atoms with E-state index in [0.717, 1.165) is 0 Å². The maximum atomic E-state index is 2.60. The van der Waals surface area contributed by atoms with E-state index in [1.54, 1.807) is 0 Å². The summed E-state index contributed by atoms with van der Waals surface area (Å²) in [6.07, 6.45) is 9.35. The molecule has 0 saturated heterocycles. The Morgan fingerprint density at radius 2 is 1.37 bits per heavy atom. The third-order valence-corrected chi connectivity index (χ3v) is 3.77. The van der Waals surface area contributed by atoms with E-state index >= 15 is 0 Å². The van der Waals surface area contributed by atoms with Crippen LogP contribution in [-0.2, 0) is 0 Å². The van der Waals surface area contributed by atoms with Crippen LogP contribution in [-0.4, -0.2) is 13.1 Å². The molecule has 0 atom stereocenters. The van der Waals surface area contributed by atoms with Crippen molar-refractivity contribution < 1.29 is 0 Å². The summed E-state index contributed by atoms with van der Waals surface area (Å²) in [5.41, 5.74) is 2.85. The van der Waals surface area contributed by atoms with Gasteiger partial charge in [-0.25, -0.2) is 0 Å². The molecule has 0 aliphatic heterocycles. The van der Waals surface area contributed by atoms with Gasteiger partial charge in [0, 0.05) is 18.8 Å². The Kier molecular flexibility index (Phi) is 8.36. The Morgan fingerprint density at radius 3 is 2.00 bits per heavy atom. The normalized spacial score (nSPS) is 10.7. The molecule has 1 rings (SSSR count). The van der Waals surface area contributed by atoms with E-state index in [-0.39, 0.29) is 0 Å². The fourth-order valence-corrected chi connectivity index (χ4v) is 2.55. The minimum Gasteiger partial charge on any atom is -0.371 e. The van der Waals surface area contributed by atoms with Gasteiger partial charge in [-0.05, 0) is 31.4 Å². The summed E-state index contributed by atoms with van der Waals surface area (Å²) in [5.74, 6) is 0. The molecule has 0 heterocycles. The van der Waals surface area contributed by atoms with Gasteiger partial charge >= 0.3 is 0 Å². The quantitative estimate of drug-likeness (QED) is 0.497. The van der Waals surface area contributed by atoms with Gasteiger partial charge < -0.3 is 4.90 Å². The summed E-state index contributed by atoms with van der Waals surface area (Å²) >= 11 is 0. The summed E-state index contributed by atoms with van der Waals surface area (Å²) in [5, 5.41) is 0. The molecule has 0 aliphatic carbocycles. The van der Waals surface area contributed by atoms with Crippen molar-refractivity contribution in [2.75, 3.05) is 18.0 Å². The van der Waals surface area contributed by atoms with Gasteiger partial charge in [-0.15, -0.1) is 0 Å². The lowest BCUT2D eigenvalue weighted by molar-refractivity contribution is 0.619. The van der Waals surface area contributed by atoms with Gasteiger partial charge in [0.2, 0.25) is 0 Å². The Balaban J connectivity index is 2.55. The van der Waals surface area contributed by atoms with Gasteiger partial charge in [0.05, 0.1) is 0 Å². The van der Waals surface area contributed by atoms with Crippen LogP contribution in [0.3, 0.4) is 0 Å². The third-order valence-electron chi connectivity index (χ3n) is 3.77. The van der Waals surface area contributed by atoms with Crippen molar-refractivity contribution in [3.05, 3.63) is 29.8 Å². The van der Waals surface area contributed by atoms with Crippen molar-refractivity contribution >= 4 is 5.69 Å². The number of nitrogens with zero attached hydrogens (tertiary/aromatic N) is 1. The van der Waals surface area contributed by atoms with E-state index in [9.17, 15) is 0 Å². The zero-order valence-corrected chi connectivity index (χ0v) is 13.1. The molecule has 0 N–H and O–H groups in total. The molecule has 0 aliphatic rings. The molecule has 108 valence electrons. The Labute approximate surface area is 120 Å². The van der Waals surface area contributed by atoms with E-state index in [1.807, 2.05) is 0 Å². The topological polar surface area (TPSA) is 3.24 Å². The molecule has 0 bridgehead atoms. The maximum absolute atomic E-state index is 2.60. The van der Waals surface area contributed by atoms with E-state index in [0.29, 0.717) is 0 Å². The largest absolute Gasteiger partial charge is 0.371 e. The molecular formula is C18H31N. The summed E-state index contributed by atoms with van der Waals surface area (Å²) < 4.78 is 0. The smallest absolute Gasteiger partial charge is 0.0395 e. The highest BCUT2D eigenvalue weighted by Crippen LogP contribution is 2.21. The molecule has 1 heteroatoms. The van der Waals surface area contributed by atoms with E-state index < -0.39 is 0 Å². The van der Waals surface area contributed by atoms with Crippen molar-refractivity contribution in [2.45, 2.75) is 65.7 Å². The van der Waals surface area contributed by atoms with E-state index in [4.69, 9.17) is 0 Å². The number of aryl methyl sites for hydroxylation is 1. The molecule has 19 heavy (non-hydrogen) atoms. The number of unbranched alkanes of at least 4 members (excludes halogenated alkanes) is 5. The minimum atomic E-state index is 1.21. The van der Waals surface area contributed by atoms with Crippen LogP contribution >= 0.6 is 0 Å². The van der Waals surface area contributed by atoms with Crippen LogP contribution in [0.4, 0.5) is 5.69 Å². The molecule has 1 aromatic rings. The number of rotatable bonds is 10. The molecule has 1 aromatic carbocycles. The summed E-state index contributed by atoms with van der Waals surface area (Å²) in [4.78, 5) is 2.60. The monoisotopic (exact) mass is 261 g/mol. The molecule has 0 fully saturated rings. The van der Waals surface area contributed by atoms with Gasteiger partial charge in [0.1, 0.15) is 0 Å². The van der Waals surface area contributed by atoms with Crippen molar-refractivity contribution in [1.29, 1.82) is 0 Å². The first-order valence-corrected chi connectivity index (χ1v) is 8.10. The second kappa shape index (κ2) is 9.89. The number of hydrogen-bond donors (Lipinski definition) is 0. The highest BCUT2D eigenvalue weighted by Gasteiger charge is 2.07. The number of hydrogen-bond acceptors (Lipinski definition) is 1. The molecule has 0 saturated carbocycles. The first-order valence-electron chi connectivity index (χ1n) is 8.10. The van der Waals surface area contributed by atoms with E-state index in [2.05, 4.69) is 49.9 Å². The van der Waals surface area contributed by atoms with Gasteiger partial charge in [-0.1, -0.05) is 64.2 Å². The van der Waals surface area contributed by atoms with Crippen LogP contribution in [0.25, 0.3) is 0 Å². The Hall–Kier alpha value is -0.980. The van der Waals surface area contributed by atoms with Crippen molar-refractivity contribution in [3.63, 3.8) is 0 Å². The molecular weight excluding hydrogens is 230 g/mol. The molecule has 0 aromatic heterocycles. The fraction of sp³-hybridized carbons (Fsp3) is 0.667. The predicted octanol–water partition coefficient (Wildman–Crippen LogP) is 5.57. The SMILES string of the molecule is CCCCCCN(CCCCC)c1ccccc1C. The maximum Gasteiger partial charge on any atom is 0.0395 e. The minimum absolute atomic E-state index is 1.21. The number of benzene rings is 1. The van der Waals surface area contributed by atoms with Gasteiger partial charge in [-0.3, -0.25) is 0 Å². The Morgan fingerprint density at radius 1 is 0.789 bits per heavy atom. The zero-order valence-electron chi connectivity index (χ0n) is 13.1. The predicted molar refractivity (Wildman–Crippen MR) is 87.1 cm³/mol. The van der Waals surface area contributed by atoms with Gasteiger partial charge in [0.15, 0.2) is 0 Å². The molecule has 0 spiro atoms. The molecule has 1 nitrogen and oxygen atoms in total.